The van der Waals surface area contributed by atoms with E-state index in [1.54, 1.807) is 18.2 Å². The lowest BCUT2D eigenvalue weighted by atomic mass is 10.1. The lowest BCUT2D eigenvalue weighted by Gasteiger charge is -2.11. The van der Waals surface area contributed by atoms with Gasteiger partial charge in [-0.2, -0.15) is 0 Å². The van der Waals surface area contributed by atoms with Crippen LogP contribution in [-0.2, 0) is 9.53 Å². The van der Waals surface area contributed by atoms with Gasteiger partial charge in [0.2, 0.25) is 0 Å². The Balaban J connectivity index is 1.74. The maximum atomic E-state index is 11.7. The van der Waals surface area contributed by atoms with Crippen LogP contribution < -0.4 is 14.2 Å². The number of carbonyl (C=O) groups excluding carboxylic acids is 2. The molecule has 0 unspecified atom stereocenters. The molecule has 0 heterocycles. The minimum atomic E-state index is -0.526. The molecule has 0 aromatic heterocycles. The van der Waals surface area contributed by atoms with Crippen LogP contribution in [0.3, 0.4) is 0 Å². The van der Waals surface area contributed by atoms with Crippen molar-refractivity contribution >= 4 is 27.7 Å². The molecule has 0 saturated carbocycles. The summed E-state index contributed by atoms with van der Waals surface area (Å²) in [6.07, 6.45) is 0. The predicted molar refractivity (Wildman–Crippen MR) is 99.1 cm³/mol. The maximum Gasteiger partial charge on any atom is 0.344 e. The number of halogens is 1. The summed E-state index contributed by atoms with van der Waals surface area (Å²) in [5, 5.41) is 0. The van der Waals surface area contributed by atoms with Gasteiger partial charge in [-0.05, 0) is 49.4 Å². The number of hydrogen-bond donors (Lipinski definition) is 0. The van der Waals surface area contributed by atoms with E-state index in [0.29, 0.717) is 22.8 Å². The van der Waals surface area contributed by atoms with Gasteiger partial charge in [-0.25, -0.2) is 4.79 Å². The number of carbonyl (C=O) groups is 2. The SMILES string of the molecule is COc1cc(C(C)=O)ccc1OCC(=O)OCCOc1ccc(Br)cc1. The van der Waals surface area contributed by atoms with Gasteiger partial charge in [0, 0.05) is 10.0 Å². The fraction of sp³-hybridized carbons (Fsp3) is 0.263. The van der Waals surface area contributed by atoms with E-state index in [2.05, 4.69) is 15.9 Å². The first-order chi connectivity index (χ1) is 12.5. The lowest BCUT2D eigenvalue weighted by molar-refractivity contribution is -0.146. The van der Waals surface area contributed by atoms with Gasteiger partial charge in [0.25, 0.3) is 0 Å². The average molecular weight is 423 g/mol. The molecule has 26 heavy (non-hydrogen) atoms. The molecule has 138 valence electrons. The minimum Gasteiger partial charge on any atom is -0.493 e. The molecular formula is C19H19BrO6. The fourth-order valence-corrected chi connectivity index (χ4v) is 2.29. The molecular weight excluding hydrogens is 404 g/mol. The highest BCUT2D eigenvalue weighted by molar-refractivity contribution is 9.10. The van der Waals surface area contributed by atoms with Crippen LogP contribution >= 0.6 is 15.9 Å². The molecule has 7 heteroatoms. The Morgan fingerprint density at radius 3 is 2.35 bits per heavy atom. The Labute approximate surface area is 160 Å². The molecule has 0 aliphatic carbocycles. The van der Waals surface area contributed by atoms with Crippen LogP contribution in [0.4, 0.5) is 0 Å². The average Bonchev–Trinajstić information content (AvgIpc) is 2.64. The molecule has 0 spiro atoms. The van der Waals surface area contributed by atoms with Crippen molar-refractivity contribution < 1.29 is 28.5 Å². The van der Waals surface area contributed by atoms with E-state index in [9.17, 15) is 9.59 Å². The van der Waals surface area contributed by atoms with Gasteiger partial charge in [-0.1, -0.05) is 15.9 Å². The summed E-state index contributed by atoms with van der Waals surface area (Å²) in [5.41, 5.74) is 0.502. The zero-order chi connectivity index (χ0) is 18.9. The third-order valence-electron chi connectivity index (χ3n) is 3.34. The maximum absolute atomic E-state index is 11.7. The minimum absolute atomic E-state index is 0.0833. The van der Waals surface area contributed by atoms with E-state index in [1.807, 2.05) is 24.3 Å². The van der Waals surface area contributed by atoms with Crippen LogP contribution in [0.2, 0.25) is 0 Å². The van der Waals surface area contributed by atoms with Gasteiger partial charge in [-0.3, -0.25) is 4.79 Å². The van der Waals surface area contributed by atoms with Crippen molar-refractivity contribution in [1.29, 1.82) is 0 Å². The largest absolute Gasteiger partial charge is 0.493 e. The molecule has 0 aliphatic rings. The van der Waals surface area contributed by atoms with Crippen LogP contribution in [0.1, 0.15) is 17.3 Å². The van der Waals surface area contributed by atoms with E-state index in [-0.39, 0.29) is 25.6 Å². The molecule has 0 fully saturated rings. The van der Waals surface area contributed by atoms with E-state index >= 15 is 0 Å². The normalized spacial score (nSPS) is 10.1. The summed E-state index contributed by atoms with van der Waals surface area (Å²) in [7, 11) is 1.46. The summed E-state index contributed by atoms with van der Waals surface area (Å²) >= 11 is 3.34. The van der Waals surface area contributed by atoms with Gasteiger partial charge < -0.3 is 18.9 Å². The second kappa shape index (κ2) is 9.82. The Morgan fingerprint density at radius 2 is 1.69 bits per heavy atom. The monoisotopic (exact) mass is 422 g/mol. The third-order valence-corrected chi connectivity index (χ3v) is 3.87. The Kier molecular flexibility index (Phi) is 7.47. The zero-order valence-electron chi connectivity index (χ0n) is 14.5. The van der Waals surface area contributed by atoms with Crippen LogP contribution in [0, 0.1) is 0 Å². The molecule has 2 aromatic carbocycles. The molecule has 2 rings (SSSR count). The lowest BCUT2D eigenvalue weighted by Crippen LogP contribution is -2.18. The van der Waals surface area contributed by atoms with E-state index in [4.69, 9.17) is 18.9 Å². The van der Waals surface area contributed by atoms with E-state index < -0.39 is 5.97 Å². The van der Waals surface area contributed by atoms with Gasteiger partial charge >= 0.3 is 5.97 Å². The molecule has 0 aliphatic heterocycles. The third kappa shape index (κ3) is 6.07. The van der Waals surface area contributed by atoms with Gasteiger partial charge in [-0.15, -0.1) is 0 Å². The zero-order valence-corrected chi connectivity index (χ0v) is 16.1. The summed E-state index contributed by atoms with van der Waals surface area (Å²) in [6.45, 7) is 1.54. The van der Waals surface area contributed by atoms with Crippen molar-refractivity contribution in [3.63, 3.8) is 0 Å². The van der Waals surface area contributed by atoms with Crippen LogP contribution in [-0.4, -0.2) is 38.7 Å². The van der Waals surface area contributed by atoms with Crippen molar-refractivity contribution in [1.82, 2.24) is 0 Å². The van der Waals surface area contributed by atoms with Crippen LogP contribution in [0.25, 0.3) is 0 Å². The first kappa shape index (κ1) is 19.8. The number of benzene rings is 2. The van der Waals surface area contributed by atoms with Crippen molar-refractivity contribution in [2.45, 2.75) is 6.92 Å². The first-order valence-corrected chi connectivity index (χ1v) is 8.64. The van der Waals surface area contributed by atoms with E-state index in [0.717, 1.165) is 4.47 Å². The fourth-order valence-electron chi connectivity index (χ4n) is 2.03. The van der Waals surface area contributed by atoms with Gasteiger partial charge in [0.15, 0.2) is 23.9 Å². The standard InChI is InChI=1S/C19H19BrO6/c1-13(21)14-3-8-17(18(11-14)23-2)26-12-19(22)25-10-9-24-16-6-4-15(20)5-7-16/h3-8,11H,9-10,12H2,1-2H3. The number of hydrogen-bond acceptors (Lipinski definition) is 6. The van der Waals surface area contributed by atoms with Crippen molar-refractivity contribution in [2.75, 3.05) is 26.9 Å². The summed E-state index contributed by atoms with van der Waals surface area (Å²) < 4.78 is 22.0. The summed E-state index contributed by atoms with van der Waals surface area (Å²) in [5.74, 6) is 0.822. The summed E-state index contributed by atoms with van der Waals surface area (Å²) in [4.78, 5) is 23.1. The highest BCUT2D eigenvalue weighted by Gasteiger charge is 2.11. The van der Waals surface area contributed by atoms with Crippen molar-refractivity contribution in [3.8, 4) is 17.2 Å². The number of esters is 1. The molecule has 0 bridgehead atoms. The number of rotatable bonds is 9. The molecule has 0 amide bonds. The Hall–Kier alpha value is -2.54. The number of Topliss-reactive ketones (excluding diaryl/α,β-unsaturated/α-hetero) is 1. The van der Waals surface area contributed by atoms with Crippen molar-refractivity contribution in [3.05, 3.63) is 52.5 Å². The highest BCUT2D eigenvalue weighted by atomic mass is 79.9. The van der Waals surface area contributed by atoms with Gasteiger partial charge in [0.05, 0.1) is 7.11 Å². The highest BCUT2D eigenvalue weighted by Crippen LogP contribution is 2.28. The van der Waals surface area contributed by atoms with Crippen molar-refractivity contribution in [2.24, 2.45) is 0 Å². The molecule has 2 aromatic rings. The smallest absolute Gasteiger partial charge is 0.344 e. The molecule has 0 atom stereocenters. The van der Waals surface area contributed by atoms with Crippen LogP contribution in [0.15, 0.2) is 46.9 Å². The van der Waals surface area contributed by atoms with E-state index in [1.165, 1.54) is 14.0 Å². The Morgan fingerprint density at radius 1 is 0.962 bits per heavy atom. The summed E-state index contributed by atoms with van der Waals surface area (Å²) in [6, 6.07) is 12.1. The molecule has 6 nitrogen and oxygen atoms in total. The van der Waals surface area contributed by atoms with Crippen LogP contribution in [0.5, 0.6) is 17.2 Å². The Bertz CT molecular complexity index is 757. The number of ether oxygens (including phenoxy) is 4. The predicted octanol–water partition coefficient (Wildman–Crippen LogP) is 3.66. The number of ketones is 1. The second-order valence-corrected chi connectivity index (χ2v) is 6.15. The first-order valence-electron chi connectivity index (χ1n) is 7.85. The number of methoxy groups -OCH3 is 1. The quantitative estimate of drug-likeness (QED) is 0.348. The second-order valence-electron chi connectivity index (χ2n) is 5.23. The van der Waals surface area contributed by atoms with Gasteiger partial charge in [0.1, 0.15) is 19.0 Å². The topological polar surface area (TPSA) is 71.1 Å². The molecule has 0 N–H and O–H groups in total. The molecule has 0 saturated heterocycles. The molecule has 0 radical (unpaired) electrons.